The van der Waals surface area contributed by atoms with Gasteiger partial charge in [0.15, 0.2) is 0 Å². The number of fused-ring (bicyclic) bond motifs is 5. The Labute approximate surface area is 160 Å². The molecule has 134 valence electrons. The Hall–Kier alpha value is -1.49. The van der Waals surface area contributed by atoms with Gasteiger partial charge < -0.3 is 9.76 Å². The van der Waals surface area contributed by atoms with E-state index in [2.05, 4.69) is 54.6 Å². The molecule has 1 heterocycles. The van der Waals surface area contributed by atoms with E-state index in [1.807, 2.05) is 25.6 Å². The van der Waals surface area contributed by atoms with Crippen molar-refractivity contribution in [2.45, 2.75) is 55.0 Å². The van der Waals surface area contributed by atoms with Crippen LogP contribution in [-0.4, -0.2) is 29.0 Å². The highest BCUT2D eigenvalue weighted by Crippen LogP contribution is 2.49. The van der Waals surface area contributed by atoms with E-state index < -0.39 is 11.2 Å². The predicted molar refractivity (Wildman–Crippen MR) is 113 cm³/mol. The third-order valence-corrected chi connectivity index (χ3v) is 7.29. The minimum Gasteiger partial charge on any atom is -0.427 e. The van der Waals surface area contributed by atoms with Gasteiger partial charge in [0.2, 0.25) is 0 Å². The van der Waals surface area contributed by atoms with E-state index >= 15 is 0 Å². The fourth-order valence-corrected chi connectivity index (χ4v) is 4.98. The predicted octanol–water partition coefficient (Wildman–Crippen LogP) is 4.07. The topological polar surface area (TPSA) is 29.5 Å². The summed E-state index contributed by atoms with van der Waals surface area (Å²) in [5.41, 5.74) is 1.12. The van der Waals surface area contributed by atoms with Crippen LogP contribution in [0, 0.1) is 0 Å². The summed E-state index contributed by atoms with van der Waals surface area (Å²) in [6, 6.07) is 10.9. The molecule has 0 fully saturated rings. The summed E-state index contributed by atoms with van der Waals surface area (Å²) in [6.07, 6.45) is 8.93. The Morgan fingerprint density at radius 1 is 1.08 bits per heavy atom. The van der Waals surface area contributed by atoms with E-state index in [0.29, 0.717) is 18.7 Å². The maximum Gasteiger partial charge on any atom is 0.310 e. The largest absolute Gasteiger partial charge is 0.427 e. The van der Waals surface area contributed by atoms with Gasteiger partial charge in [-0.2, -0.15) is 0 Å². The van der Waals surface area contributed by atoms with Crippen molar-refractivity contribution in [3.63, 3.8) is 0 Å². The third kappa shape index (κ3) is 2.94. The molecule has 0 radical (unpaired) electrons. The molecule has 2 nitrogen and oxygen atoms in total. The van der Waals surface area contributed by atoms with Crippen LogP contribution in [0.1, 0.15) is 39.2 Å². The van der Waals surface area contributed by atoms with Crippen LogP contribution in [0.5, 0.6) is 0 Å². The summed E-state index contributed by atoms with van der Waals surface area (Å²) in [5, 5.41) is 13.5. The lowest BCUT2D eigenvalue weighted by atomic mass is 9.78. The SMILES string of the molecule is CC(C)(O)C(C)(C)OBc1cc2ccccc2c2c1SC1C=CC=CC21. The molecule has 0 saturated heterocycles. The molecule has 2 aromatic rings. The molecule has 1 aliphatic heterocycles. The van der Waals surface area contributed by atoms with Crippen molar-refractivity contribution in [3.8, 4) is 0 Å². The molecule has 4 rings (SSSR count). The second kappa shape index (κ2) is 6.30. The monoisotopic (exact) mass is 364 g/mol. The Morgan fingerprint density at radius 3 is 2.58 bits per heavy atom. The van der Waals surface area contributed by atoms with Crippen molar-refractivity contribution in [3.05, 3.63) is 60.2 Å². The molecule has 2 atom stereocenters. The van der Waals surface area contributed by atoms with Crippen LogP contribution in [0.15, 0.2) is 59.5 Å². The summed E-state index contributed by atoms with van der Waals surface area (Å²) >= 11 is 1.94. The van der Waals surface area contributed by atoms with Crippen LogP contribution in [0.2, 0.25) is 0 Å². The molecule has 2 unspecified atom stereocenters. The van der Waals surface area contributed by atoms with E-state index in [1.165, 1.54) is 26.7 Å². The third-order valence-electron chi connectivity index (χ3n) is 5.85. The molecule has 2 aliphatic rings. The minimum absolute atomic E-state index is 0.423. The lowest BCUT2D eigenvalue weighted by Crippen LogP contribution is -2.49. The van der Waals surface area contributed by atoms with Crippen molar-refractivity contribution in [2.24, 2.45) is 0 Å². The van der Waals surface area contributed by atoms with Crippen LogP contribution in [0.4, 0.5) is 0 Å². The smallest absolute Gasteiger partial charge is 0.310 e. The van der Waals surface area contributed by atoms with Crippen LogP contribution >= 0.6 is 11.8 Å². The molecule has 0 saturated carbocycles. The second-order valence-electron chi connectivity index (χ2n) is 8.24. The number of aliphatic hydroxyl groups is 1. The molecule has 1 aliphatic carbocycles. The van der Waals surface area contributed by atoms with Gasteiger partial charge in [0.25, 0.3) is 0 Å². The normalized spacial score (nSPS) is 21.7. The second-order valence-corrected chi connectivity index (χ2v) is 9.42. The van der Waals surface area contributed by atoms with Gasteiger partial charge in [-0.3, -0.25) is 0 Å². The van der Waals surface area contributed by atoms with Crippen LogP contribution in [0.3, 0.4) is 0 Å². The molecule has 0 amide bonds. The number of hydrogen-bond acceptors (Lipinski definition) is 3. The average Bonchev–Trinajstić information content (AvgIpc) is 2.98. The van der Waals surface area contributed by atoms with Crippen molar-refractivity contribution in [1.29, 1.82) is 0 Å². The van der Waals surface area contributed by atoms with Crippen molar-refractivity contribution < 1.29 is 9.76 Å². The highest BCUT2D eigenvalue weighted by atomic mass is 32.2. The first kappa shape index (κ1) is 17.9. The molecule has 0 bridgehead atoms. The minimum atomic E-state index is -0.903. The molecule has 4 heteroatoms. The van der Waals surface area contributed by atoms with Gasteiger partial charge in [0.05, 0.1) is 11.2 Å². The summed E-state index contributed by atoms with van der Waals surface area (Å²) in [6.45, 7) is 7.51. The van der Waals surface area contributed by atoms with Crippen molar-refractivity contribution >= 4 is 35.5 Å². The molecule has 2 aromatic carbocycles. The molecular formula is C22H25BO2S. The van der Waals surface area contributed by atoms with E-state index in [9.17, 15) is 5.11 Å². The van der Waals surface area contributed by atoms with E-state index in [0.717, 1.165) is 0 Å². The van der Waals surface area contributed by atoms with Gasteiger partial charge in [-0.25, -0.2) is 0 Å². The van der Waals surface area contributed by atoms with Crippen LogP contribution in [0.25, 0.3) is 10.8 Å². The fourth-order valence-electron chi connectivity index (χ4n) is 3.52. The number of rotatable bonds is 4. The molecule has 26 heavy (non-hydrogen) atoms. The van der Waals surface area contributed by atoms with E-state index in [4.69, 9.17) is 4.65 Å². The van der Waals surface area contributed by atoms with Crippen molar-refractivity contribution in [2.75, 3.05) is 0 Å². The summed E-state index contributed by atoms with van der Waals surface area (Å²) < 4.78 is 6.21. The van der Waals surface area contributed by atoms with Crippen LogP contribution < -0.4 is 5.46 Å². The molecule has 0 aromatic heterocycles. The first-order valence-corrected chi connectivity index (χ1v) is 10.1. The molecular weight excluding hydrogens is 339 g/mol. The lowest BCUT2D eigenvalue weighted by molar-refractivity contribution is -0.0893. The number of hydrogen-bond donors (Lipinski definition) is 1. The van der Waals surface area contributed by atoms with Gasteiger partial charge in [-0.1, -0.05) is 54.6 Å². The Bertz CT molecular complexity index is 908. The average molecular weight is 364 g/mol. The van der Waals surface area contributed by atoms with E-state index in [1.54, 1.807) is 13.8 Å². The summed E-state index contributed by atoms with van der Waals surface area (Å²) in [4.78, 5) is 1.35. The number of thioether (sulfide) groups is 1. The number of benzene rings is 2. The summed E-state index contributed by atoms with van der Waals surface area (Å²) in [5.74, 6) is 0.423. The standard InChI is InChI=1S/C22H25BO2S/c1-21(2,24)22(3,4)25-23-17-13-14-9-5-6-10-15(14)19-16-11-7-8-12-18(16)26-20(17)19/h5-13,16,18,23-24H,1-4H3. The van der Waals surface area contributed by atoms with Gasteiger partial charge in [-0.05, 0) is 49.5 Å². The van der Waals surface area contributed by atoms with E-state index in [-0.39, 0.29) is 0 Å². The zero-order chi connectivity index (χ0) is 18.5. The van der Waals surface area contributed by atoms with Gasteiger partial charge in [0, 0.05) is 16.1 Å². The molecule has 0 spiro atoms. The van der Waals surface area contributed by atoms with Gasteiger partial charge in [0.1, 0.15) is 0 Å². The highest BCUT2D eigenvalue weighted by molar-refractivity contribution is 8.00. The zero-order valence-corrected chi connectivity index (χ0v) is 16.6. The molecule has 1 N–H and O–H groups in total. The Kier molecular flexibility index (Phi) is 4.34. The first-order chi connectivity index (χ1) is 12.3. The zero-order valence-electron chi connectivity index (χ0n) is 15.8. The quantitative estimate of drug-likeness (QED) is 0.830. The maximum absolute atomic E-state index is 10.4. The van der Waals surface area contributed by atoms with Gasteiger partial charge >= 0.3 is 7.48 Å². The fraction of sp³-hybridized carbons (Fsp3) is 0.364. The Morgan fingerprint density at radius 2 is 1.81 bits per heavy atom. The van der Waals surface area contributed by atoms with Crippen LogP contribution in [-0.2, 0) is 4.65 Å². The van der Waals surface area contributed by atoms with Gasteiger partial charge in [-0.15, -0.1) is 11.8 Å². The van der Waals surface area contributed by atoms with Crippen molar-refractivity contribution in [1.82, 2.24) is 0 Å². The Balaban J connectivity index is 1.78. The highest BCUT2D eigenvalue weighted by Gasteiger charge is 2.38. The maximum atomic E-state index is 10.4. The lowest BCUT2D eigenvalue weighted by Gasteiger charge is -2.37. The first-order valence-electron chi connectivity index (χ1n) is 9.20. The summed E-state index contributed by atoms with van der Waals surface area (Å²) in [7, 11) is 0.504. The number of allylic oxidation sites excluding steroid dienone is 3.